The van der Waals surface area contributed by atoms with Crippen LogP contribution in [-0.2, 0) is 9.59 Å². The Morgan fingerprint density at radius 2 is 1.90 bits per heavy atom. The number of quaternary nitrogens is 1. The number of ether oxygens (including phenoxy) is 1. The number of likely N-dealkylation sites (tertiary alicyclic amines) is 1. The van der Waals surface area contributed by atoms with Gasteiger partial charge in [0.1, 0.15) is 23.7 Å². The van der Waals surface area contributed by atoms with Crippen molar-refractivity contribution in [2.24, 2.45) is 5.92 Å². The second-order valence-electron chi connectivity index (χ2n) is 10.5. The van der Waals surface area contributed by atoms with E-state index < -0.39 is 17.9 Å². The third-order valence-electron chi connectivity index (χ3n) is 8.11. The molecule has 4 aromatic rings. The first-order valence-corrected chi connectivity index (χ1v) is 13.9. The van der Waals surface area contributed by atoms with Crippen LogP contribution in [0.2, 0.25) is 5.02 Å². The van der Waals surface area contributed by atoms with Gasteiger partial charge in [-0.25, -0.2) is 14.2 Å². The highest BCUT2D eigenvalue weighted by Gasteiger charge is 2.50. The summed E-state index contributed by atoms with van der Waals surface area (Å²) >= 11 is 6.38. The van der Waals surface area contributed by atoms with Crippen LogP contribution < -0.4 is 9.22 Å². The van der Waals surface area contributed by atoms with Gasteiger partial charge in [0.15, 0.2) is 0 Å². The number of carbonyl (C=O) groups is 2. The molecule has 7 nitrogen and oxygen atoms in total. The number of amides is 1. The van der Waals surface area contributed by atoms with Crippen LogP contribution in [0.4, 0.5) is 5.69 Å². The van der Waals surface area contributed by atoms with E-state index in [1.807, 2.05) is 66.7 Å². The molecular formula is C32H34ClN2O5+. The fourth-order valence-corrected chi connectivity index (χ4v) is 6.26. The molecule has 1 saturated heterocycles. The number of halogens is 1. The predicted octanol–water partition coefficient (Wildman–Crippen LogP) is 6.86. The van der Waals surface area contributed by atoms with Gasteiger partial charge in [0.05, 0.1) is 31.9 Å². The molecule has 8 heteroatoms. The number of furan rings is 1. The van der Waals surface area contributed by atoms with E-state index in [4.69, 9.17) is 20.8 Å². The van der Waals surface area contributed by atoms with Gasteiger partial charge >= 0.3 is 12.4 Å². The van der Waals surface area contributed by atoms with Crippen molar-refractivity contribution in [2.45, 2.75) is 31.7 Å². The van der Waals surface area contributed by atoms with Crippen LogP contribution in [0.5, 0.6) is 5.75 Å². The normalized spacial score (nSPS) is 20.8. The maximum Gasteiger partial charge on any atom is 0.309 e. The van der Waals surface area contributed by atoms with Gasteiger partial charge in [-0.1, -0.05) is 49.2 Å². The van der Waals surface area contributed by atoms with Gasteiger partial charge in [-0.15, -0.1) is 0 Å². The van der Waals surface area contributed by atoms with E-state index >= 15 is 0 Å². The first kappa shape index (κ1) is 27.9. The van der Waals surface area contributed by atoms with Crippen molar-refractivity contribution in [3.05, 3.63) is 95.2 Å². The number of unbranched alkanes of at least 4 members (excludes halogenated alkanes) is 1. The van der Waals surface area contributed by atoms with E-state index in [0.717, 1.165) is 47.0 Å². The van der Waals surface area contributed by atoms with Crippen LogP contribution >= 0.6 is 11.6 Å². The number of carboxylic acids is 1. The highest BCUT2D eigenvalue weighted by Crippen LogP contribution is 2.47. The van der Waals surface area contributed by atoms with Gasteiger partial charge < -0.3 is 14.3 Å². The summed E-state index contributed by atoms with van der Waals surface area (Å²) in [6.07, 6.45) is 4.36. The summed E-state index contributed by atoms with van der Waals surface area (Å²) < 4.78 is 10.9. The van der Waals surface area contributed by atoms with Crippen molar-refractivity contribution >= 4 is 40.6 Å². The SMILES string of the molecule is CCCC[N+](C=O)(CN1C[C@H](c2ccc3occc3c2)[C@H](C(=O)O)[C@H]1c1ccc(OC)cc1)c1cccc(Cl)c1. The molecule has 0 spiro atoms. The summed E-state index contributed by atoms with van der Waals surface area (Å²) in [6.45, 7) is 3.46. The zero-order valence-corrected chi connectivity index (χ0v) is 23.5. The molecule has 208 valence electrons. The molecule has 40 heavy (non-hydrogen) atoms. The number of carbonyl (C=O) groups excluding carboxylic acids is 1. The Morgan fingerprint density at radius 3 is 2.58 bits per heavy atom. The standard InChI is InChI=1S/C32H33ClN2O5/c1-3-4-15-35(21-36,26-7-5-6-25(33)18-26)20-34-19-28(23-10-13-29-24(17-23)14-16-40-29)30(32(37)38)31(34)22-8-11-27(39-2)12-9-22/h5-14,16-18,21,28,30-31H,3-4,15,19-20H2,1-2H3/p+1/t28-,30+,31-,35?/m1/s1. The first-order valence-electron chi connectivity index (χ1n) is 13.6. The van der Waals surface area contributed by atoms with Crippen molar-refractivity contribution in [3.8, 4) is 5.75 Å². The molecule has 0 aliphatic carbocycles. The number of rotatable bonds is 11. The number of hydrogen-bond donors (Lipinski definition) is 1. The molecule has 5 rings (SSSR count). The third kappa shape index (κ3) is 5.37. The van der Waals surface area contributed by atoms with Crippen molar-refractivity contribution < 1.29 is 23.8 Å². The Labute approximate surface area is 239 Å². The highest BCUT2D eigenvalue weighted by atomic mass is 35.5. The smallest absolute Gasteiger partial charge is 0.309 e. The van der Waals surface area contributed by atoms with Crippen LogP contribution in [-0.4, -0.2) is 49.3 Å². The van der Waals surface area contributed by atoms with E-state index in [-0.39, 0.29) is 10.4 Å². The average molecular weight is 562 g/mol. The molecule has 3 aromatic carbocycles. The van der Waals surface area contributed by atoms with Crippen LogP contribution in [0.15, 0.2) is 83.5 Å². The second kappa shape index (κ2) is 11.8. The van der Waals surface area contributed by atoms with Gasteiger partial charge in [0.25, 0.3) is 0 Å². The first-order chi connectivity index (χ1) is 19.4. The van der Waals surface area contributed by atoms with Gasteiger partial charge in [-0.2, -0.15) is 0 Å². The molecule has 0 radical (unpaired) electrons. The summed E-state index contributed by atoms with van der Waals surface area (Å²) in [5.41, 5.74) is 3.35. The number of nitrogens with zero attached hydrogens (tertiary/aromatic N) is 2. The zero-order chi connectivity index (χ0) is 28.3. The van der Waals surface area contributed by atoms with E-state index in [9.17, 15) is 14.7 Å². The largest absolute Gasteiger partial charge is 0.497 e. The molecule has 0 bridgehead atoms. The fourth-order valence-electron chi connectivity index (χ4n) is 6.07. The fraction of sp³-hybridized carbons (Fsp3) is 0.312. The topological polar surface area (TPSA) is 80.0 Å². The minimum Gasteiger partial charge on any atom is -0.497 e. The van der Waals surface area contributed by atoms with Crippen LogP contribution in [0.25, 0.3) is 11.0 Å². The summed E-state index contributed by atoms with van der Waals surface area (Å²) in [4.78, 5) is 28.2. The molecule has 0 saturated carbocycles. The molecule has 4 atom stereocenters. The molecule has 1 aromatic heterocycles. The van der Waals surface area contributed by atoms with Crippen molar-refractivity contribution in [1.29, 1.82) is 0 Å². The molecule has 1 amide bonds. The number of hydrogen-bond acceptors (Lipinski definition) is 5. The number of benzene rings is 3. The Morgan fingerprint density at radius 1 is 1.12 bits per heavy atom. The molecule has 2 heterocycles. The van der Waals surface area contributed by atoms with Crippen molar-refractivity contribution in [3.63, 3.8) is 0 Å². The van der Waals surface area contributed by atoms with Gasteiger partial charge in [-0.05, 0) is 60.0 Å². The molecule has 1 aliphatic heterocycles. The minimum atomic E-state index is -0.874. The van der Waals surface area contributed by atoms with E-state index in [1.165, 1.54) is 0 Å². The van der Waals surface area contributed by atoms with Crippen LogP contribution in [0, 0.1) is 5.92 Å². The minimum absolute atomic E-state index is 0.0287. The van der Waals surface area contributed by atoms with Crippen LogP contribution in [0.1, 0.15) is 42.9 Å². The van der Waals surface area contributed by atoms with Gasteiger partial charge in [-0.3, -0.25) is 4.79 Å². The lowest BCUT2D eigenvalue weighted by atomic mass is 9.82. The maximum atomic E-state index is 13.0. The highest BCUT2D eigenvalue weighted by molar-refractivity contribution is 6.30. The van der Waals surface area contributed by atoms with Gasteiger partial charge in [0, 0.05) is 28.9 Å². The molecule has 1 N–H and O–H groups in total. The number of aliphatic carboxylic acids is 1. The number of methoxy groups -OCH3 is 1. The van der Waals surface area contributed by atoms with E-state index in [1.54, 1.807) is 19.4 Å². The summed E-state index contributed by atoms with van der Waals surface area (Å²) in [7, 11) is 1.60. The summed E-state index contributed by atoms with van der Waals surface area (Å²) in [5.74, 6) is -1.22. The quantitative estimate of drug-likeness (QED) is 0.159. The Bertz CT molecular complexity index is 1490. The third-order valence-corrected chi connectivity index (χ3v) is 8.35. The van der Waals surface area contributed by atoms with Crippen molar-refractivity contribution in [2.75, 3.05) is 26.9 Å². The predicted molar refractivity (Wildman–Crippen MR) is 156 cm³/mol. The maximum absolute atomic E-state index is 13.0. The number of fused-ring (bicyclic) bond motifs is 1. The zero-order valence-electron chi connectivity index (χ0n) is 22.7. The van der Waals surface area contributed by atoms with Crippen LogP contribution in [0.3, 0.4) is 0 Å². The van der Waals surface area contributed by atoms with E-state index in [0.29, 0.717) is 30.5 Å². The molecule has 1 fully saturated rings. The summed E-state index contributed by atoms with van der Waals surface area (Å²) in [6, 6.07) is 22.3. The molecule has 1 unspecified atom stereocenters. The lowest BCUT2D eigenvalue weighted by molar-refractivity contribution is -0.143. The van der Waals surface area contributed by atoms with Gasteiger partial charge in [0.2, 0.25) is 0 Å². The average Bonchev–Trinajstić information content (AvgIpc) is 3.59. The number of carboxylic acid groups (broad SMARTS) is 1. The Hall–Kier alpha value is -3.65. The Kier molecular flexibility index (Phi) is 8.26. The lowest BCUT2D eigenvalue weighted by Crippen LogP contribution is -2.55. The molecular weight excluding hydrogens is 528 g/mol. The van der Waals surface area contributed by atoms with Crippen molar-refractivity contribution in [1.82, 2.24) is 9.38 Å². The molecule has 1 aliphatic rings. The van der Waals surface area contributed by atoms with E-state index in [2.05, 4.69) is 11.8 Å². The summed E-state index contributed by atoms with van der Waals surface area (Å²) in [5, 5.41) is 12.1. The lowest BCUT2D eigenvalue weighted by Gasteiger charge is -2.37. The monoisotopic (exact) mass is 561 g/mol. The second-order valence-corrected chi connectivity index (χ2v) is 11.0. The Balaban J connectivity index is 1.62.